The molecule has 0 radical (unpaired) electrons. The van der Waals surface area contributed by atoms with E-state index >= 15 is 0 Å². The van der Waals surface area contributed by atoms with Gasteiger partial charge in [-0.05, 0) is 19.8 Å². The second-order valence-electron chi connectivity index (χ2n) is 5.34. The zero-order valence-corrected chi connectivity index (χ0v) is 11.4. The van der Waals surface area contributed by atoms with Crippen molar-refractivity contribution in [3.63, 3.8) is 0 Å². The summed E-state index contributed by atoms with van der Waals surface area (Å²) in [5.74, 6) is -1.01. The van der Waals surface area contributed by atoms with Crippen molar-refractivity contribution in [1.29, 1.82) is 0 Å². The highest BCUT2D eigenvalue weighted by molar-refractivity contribution is 5.86. The summed E-state index contributed by atoms with van der Waals surface area (Å²) in [6.07, 6.45) is 4.63. The SMILES string of the molecule is CCN(C(=O)NC1(C(=O)O)CCOC1)C1CCCC1. The van der Waals surface area contributed by atoms with Crippen molar-refractivity contribution in [2.45, 2.75) is 50.6 Å². The molecule has 0 aromatic rings. The van der Waals surface area contributed by atoms with Gasteiger partial charge in [0.25, 0.3) is 0 Å². The number of amides is 2. The van der Waals surface area contributed by atoms with Gasteiger partial charge in [0.05, 0.1) is 6.61 Å². The third-order valence-electron chi connectivity index (χ3n) is 4.14. The van der Waals surface area contributed by atoms with Crippen molar-refractivity contribution in [3.05, 3.63) is 0 Å². The lowest BCUT2D eigenvalue weighted by Gasteiger charge is -2.32. The Balaban J connectivity index is 2.03. The van der Waals surface area contributed by atoms with E-state index < -0.39 is 11.5 Å². The Bertz CT molecular complexity index is 347. The van der Waals surface area contributed by atoms with Crippen LogP contribution in [0.3, 0.4) is 0 Å². The number of carboxylic acids is 1. The van der Waals surface area contributed by atoms with Gasteiger partial charge in [0, 0.05) is 25.6 Å². The minimum Gasteiger partial charge on any atom is -0.479 e. The van der Waals surface area contributed by atoms with Gasteiger partial charge in [-0.1, -0.05) is 12.8 Å². The number of carbonyl (C=O) groups excluding carboxylic acids is 1. The van der Waals surface area contributed by atoms with E-state index in [-0.39, 0.29) is 18.7 Å². The van der Waals surface area contributed by atoms with Crippen molar-refractivity contribution in [2.75, 3.05) is 19.8 Å². The molecule has 1 saturated heterocycles. The van der Waals surface area contributed by atoms with Crippen molar-refractivity contribution in [3.8, 4) is 0 Å². The third kappa shape index (κ3) is 2.83. The Morgan fingerprint density at radius 3 is 2.58 bits per heavy atom. The summed E-state index contributed by atoms with van der Waals surface area (Å²) >= 11 is 0. The molecule has 1 heterocycles. The van der Waals surface area contributed by atoms with E-state index in [4.69, 9.17) is 4.74 Å². The lowest BCUT2D eigenvalue weighted by molar-refractivity contribution is -0.144. The van der Waals surface area contributed by atoms with E-state index in [1.54, 1.807) is 4.90 Å². The number of urea groups is 1. The summed E-state index contributed by atoms with van der Waals surface area (Å²) in [7, 11) is 0. The molecule has 2 amide bonds. The molecule has 1 atom stereocenters. The number of carboxylic acid groups (broad SMARTS) is 1. The number of hydrogen-bond acceptors (Lipinski definition) is 3. The van der Waals surface area contributed by atoms with Crippen LogP contribution in [0.25, 0.3) is 0 Å². The molecule has 1 aliphatic heterocycles. The number of rotatable bonds is 4. The molecule has 2 fully saturated rings. The number of aliphatic carboxylic acids is 1. The summed E-state index contributed by atoms with van der Waals surface area (Å²) in [6, 6.07) is -0.0273. The lowest BCUT2D eigenvalue weighted by Crippen LogP contribution is -2.59. The average Bonchev–Trinajstić information content (AvgIpc) is 3.01. The molecule has 19 heavy (non-hydrogen) atoms. The first kappa shape index (κ1) is 14.1. The van der Waals surface area contributed by atoms with Crippen LogP contribution in [0.15, 0.2) is 0 Å². The van der Waals surface area contributed by atoms with Gasteiger partial charge in [0.1, 0.15) is 0 Å². The van der Waals surface area contributed by atoms with Gasteiger partial charge in [-0.15, -0.1) is 0 Å². The maximum Gasteiger partial charge on any atom is 0.332 e. The summed E-state index contributed by atoms with van der Waals surface area (Å²) in [5.41, 5.74) is -1.25. The number of hydrogen-bond donors (Lipinski definition) is 2. The molecule has 0 spiro atoms. The van der Waals surface area contributed by atoms with Crippen LogP contribution in [0.4, 0.5) is 4.79 Å². The predicted octanol–water partition coefficient (Wildman–Crippen LogP) is 1.20. The smallest absolute Gasteiger partial charge is 0.332 e. The molecule has 2 N–H and O–H groups in total. The molecule has 2 rings (SSSR count). The highest BCUT2D eigenvalue weighted by atomic mass is 16.5. The number of nitrogens with zero attached hydrogens (tertiary/aromatic N) is 1. The van der Waals surface area contributed by atoms with Crippen LogP contribution in [0, 0.1) is 0 Å². The summed E-state index contributed by atoms with van der Waals surface area (Å²) < 4.78 is 5.15. The van der Waals surface area contributed by atoms with Crippen LogP contribution >= 0.6 is 0 Å². The lowest BCUT2D eigenvalue weighted by atomic mass is 9.99. The quantitative estimate of drug-likeness (QED) is 0.804. The maximum absolute atomic E-state index is 12.3. The van der Waals surface area contributed by atoms with Gasteiger partial charge >= 0.3 is 12.0 Å². The number of carbonyl (C=O) groups is 2. The Labute approximate surface area is 113 Å². The second kappa shape index (κ2) is 5.77. The maximum atomic E-state index is 12.3. The Hall–Kier alpha value is -1.30. The largest absolute Gasteiger partial charge is 0.479 e. The summed E-state index contributed by atoms with van der Waals surface area (Å²) in [6.45, 7) is 2.96. The number of nitrogens with one attached hydrogen (secondary N) is 1. The third-order valence-corrected chi connectivity index (χ3v) is 4.14. The van der Waals surface area contributed by atoms with Gasteiger partial charge < -0.3 is 20.1 Å². The zero-order valence-electron chi connectivity index (χ0n) is 11.4. The van der Waals surface area contributed by atoms with Crippen molar-refractivity contribution in [1.82, 2.24) is 10.2 Å². The molecule has 0 aromatic carbocycles. The van der Waals surface area contributed by atoms with Crippen LogP contribution in [0.1, 0.15) is 39.0 Å². The first-order chi connectivity index (χ1) is 9.09. The van der Waals surface area contributed by atoms with E-state index in [0.29, 0.717) is 19.6 Å². The predicted molar refractivity (Wildman–Crippen MR) is 69.0 cm³/mol. The average molecular weight is 270 g/mol. The Morgan fingerprint density at radius 2 is 2.11 bits per heavy atom. The van der Waals surface area contributed by atoms with E-state index in [1.807, 2.05) is 6.92 Å². The zero-order chi connectivity index (χ0) is 13.9. The van der Waals surface area contributed by atoms with Gasteiger partial charge in [-0.2, -0.15) is 0 Å². The molecule has 108 valence electrons. The van der Waals surface area contributed by atoms with Crippen LogP contribution in [-0.2, 0) is 9.53 Å². The molecule has 1 unspecified atom stereocenters. The fourth-order valence-electron chi connectivity index (χ4n) is 2.95. The molecule has 0 aromatic heterocycles. The van der Waals surface area contributed by atoms with Crippen LogP contribution in [-0.4, -0.2) is 53.3 Å². The molecule has 6 nitrogen and oxygen atoms in total. The van der Waals surface area contributed by atoms with Crippen molar-refractivity contribution in [2.24, 2.45) is 0 Å². The molecule has 1 aliphatic carbocycles. The van der Waals surface area contributed by atoms with Gasteiger partial charge in [-0.3, -0.25) is 0 Å². The van der Waals surface area contributed by atoms with Crippen molar-refractivity contribution < 1.29 is 19.4 Å². The van der Waals surface area contributed by atoms with E-state index in [2.05, 4.69) is 5.32 Å². The van der Waals surface area contributed by atoms with Gasteiger partial charge in [0.2, 0.25) is 0 Å². The molecule has 0 bridgehead atoms. The summed E-state index contributed by atoms with van der Waals surface area (Å²) in [5, 5.41) is 12.0. The fourth-order valence-corrected chi connectivity index (χ4v) is 2.95. The second-order valence-corrected chi connectivity index (χ2v) is 5.34. The normalized spacial score (nSPS) is 27.4. The fraction of sp³-hybridized carbons (Fsp3) is 0.846. The van der Waals surface area contributed by atoms with Crippen LogP contribution in [0.2, 0.25) is 0 Å². The Morgan fingerprint density at radius 1 is 1.42 bits per heavy atom. The first-order valence-electron chi connectivity index (χ1n) is 6.99. The van der Waals surface area contributed by atoms with Gasteiger partial charge in [-0.25, -0.2) is 9.59 Å². The minimum absolute atomic E-state index is 0.0519. The summed E-state index contributed by atoms with van der Waals surface area (Å²) in [4.78, 5) is 25.5. The Kier molecular flexibility index (Phi) is 4.29. The first-order valence-corrected chi connectivity index (χ1v) is 6.99. The highest BCUT2D eigenvalue weighted by Crippen LogP contribution is 2.25. The topological polar surface area (TPSA) is 78.9 Å². The van der Waals surface area contributed by atoms with E-state index in [0.717, 1.165) is 25.7 Å². The molecular formula is C13H22N2O4. The molecule has 2 aliphatic rings. The highest BCUT2D eigenvalue weighted by Gasteiger charge is 2.45. The minimum atomic E-state index is -1.25. The van der Waals surface area contributed by atoms with Gasteiger partial charge in [0.15, 0.2) is 5.54 Å². The van der Waals surface area contributed by atoms with Crippen LogP contribution < -0.4 is 5.32 Å². The van der Waals surface area contributed by atoms with Crippen molar-refractivity contribution >= 4 is 12.0 Å². The van der Waals surface area contributed by atoms with E-state index in [1.165, 1.54) is 0 Å². The van der Waals surface area contributed by atoms with E-state index in [9.17, 15) is 14.7 Å². The monoisotopic (exact) mass is 270 g/mol. The standard InChI is InChI=1S/C13H22N2O4/c1-2-15(10-5-3-4-6-10)12(18)14-13(11(16)17)7-8-19-9-13/h10H,2-9H2,1H3,(H,14,18)(H,16,17). The molecule has 6 heteroatoms. The molecular weight excluding hydrogens is 248 g/mol. The number of ether oxygens (including phenoxy) is 1. The molecule has 1 saturated carbocycles. The van der Waals surface area contributed by atoms with Crippen LogP contribution in [0.5, 0.6) is 0 Å².